The molecule has 1 aliphatic heterocycles. The van der Waals surface area contributed by atoms with Crippen LogP contribution in [0.1, 0.15) is 26.2 Å². The van der Waals surface area contributed by atoms with Gasteiger partial charge in [0.05, 0.1) is 5.69 Å². The highest BCUT2D eigenvalue weighted by molar-refractivity contribution is 9.10. The largest absolute Gasteiger partial charge is 0.398 e. The standard InChI is InChI=1S/C14H22BrN3O2S/c1-11(10-18-7-3-2-4-8-18)17-21(19,20)14-9-12(15)5-6-13(14)16/h5-6,9,11,17H,2-4,7-8,10,16H2,1H3. The summed E-state index contributed by atoms with van der Waals surface area (Å²) in [5, 5.41) is 0. The Labute approximate surface area is 135 Å². The molecule has 0 bridgehead atoms. The van der Waals surface area contributed by atoms with Gasteiger partial charge >= 0.3 is 0 Å². The first-order chi connectivity index (χ1) is 9.88. The summed E-state index contributed by atoms with van der Waals surface area (Å²) in [6, 6.07) is 4.71. The predicted molar refractivity (Wildman–Crippen MR) is 88.6 cm³/mol. The zero-order chi connectivity index (χ0) is 15.5. The number of hydrogen-bond donors (Lipinski definition) is 2. The van der Waals surface area contributed by atoms with E-state index in [1.807, 2.05) is 6.92 Å². The van der Waals surface area contributed by atoms with Crippen molar-refractivity contribution >= 4 is 31.6 Å². The number of hydrogen-bond acceptors (Lipinski definition) is 4. The third-order valence-corrected chi connectivity index (χ3v) is 5.74. The fraction of sp³-hybridized carbons (Fsp3) is 0.571. The Morgan fingerprint density at radius 3 is 2.67 bits per heavy atom. The molecular weight excluding hydrogens is 354 g/mol. The third-order valence-electron chi connectivity index (χ3n) is 3.60. The zero-order valence-electron chi connectivity index (χ0n) is 12.2. The second kappa shape index (κ2) is 7.09. The highest BCUT2D eigenvalue weighted by Crippen LogP contribution is 2.23. The molecule has 1 saturated heterocycles. The van der Waals surface area contributed by atoms with Crippen LogP contribution in [0.15, 0.2) is 27.6 Å². The molecule has 5 nitrogen and oxygen atoms in total. The monoisotopic (exact) mass is 375 g/mol. The maximum Gasteiger partial charge on any atom is 0.242 e. The zero-order valence-corrected chi connectivity index (χ0v) is 14.6. The number of rotatable bonds is 5. The molecule has 0 amide bonds. The van der Waals surface area contributed by atoms with Crippen LogP contribution in [-0.2, 0) is 10.0 Å². The molecule has 7 heteroatoms. The van der Waals surface area contributed by atoms with Crippen molar-refractivity contribution in [1.29, 1.82) is 0 Å². The Morgan fingerprint density at radius 1 is 1.33 bits per heavy atom. The molecule has 3 N–H and O–H groups in total. The van der Waals surface area contributed by atoms with Crippen molar-refractivity contribution in [2.45, 2.75) is 37.1 Å². The number of nitrogens with two attached hydrogens (primary N) is 1. The van der Waals surface area contributed by atoms with Crippen LogP contribution in [0.25, 0.3) is 0 Å². The number of anilines is 1. The van der Waals surface area contributed by atoms with E-state index < -0.39 is 10.0 Å². The summed E-state index contributed by atoms with van der Waals surface area (Å²) in [6.45, 7) is 4.71. The van der Waals surface area contributed by atoms with E-state index in [9.17, 15) is 8.42 Å². The summed E-state index contributed by atoms with van der Waals surface area (Å²) in [5.41, 5.74) is 6.05. The number of nitrogens with zero attached hydrogens (tertiary/aromatic N) is 1. The summed E-state index contributed by atoms with van der Waals surface area (Å²) >= 11 is 3.28. The van der Waals surface area contributed by atoms with Gasteiger partial charge in [0.25, 0.3) is 0 Å². The van der Waals surface area contributed by atoms with E-state index in [0.717, 1.165) is 19.6 Å². The maximum absolute atomic E-state index is 12.4. The molecule has 0 aromatic heterocycles. The number of piperidine rings is 1. The topological polar surface area (TPSA) is 75.4 Å². The molecule has 1 aromatic carbocycles. The highest BCUT2D eigenvalue weighted by Gasteiger charge is 2.22. The van der Waals surface area contributed by atoms with Crippen LogP contribution in [0.4, 0.5) is 5.69 Å². The first-order valence-corrected chi connectivity index (χ1v) is 9.46. The van der Waals surface area contributed by atoms with Gasteiger partial charge in [0.2, 0.25) is 10.0 Å². The Kier molecular flexibility index (Phi) is 5.65. The van der Waals surface area contributed by atoms with Crippen LogP contribution >= 0.6 is 15.9 Å². The highest BCUT2D eigenvalue weighted by atomic mass is 79.9. The summed E-state index contributed by atoms with van der Waals surface area (Å²) in [5.74, 6) is 0. The van der Waals surface area contributed by atoms with Crippen molar-refractivity contribution in [2.75, 3.05) is 25.4 Å². The molecule has 0 radical (unpaired) electrons. The smallest absolute Gasteiger partial charge is 0.242 e. The van der Waals surface area contributed by atoms with E-state index in [4.69, 9.17) is 5.73 Å². The fourth-order valence-electron chi connectivity index (χ4n) is 2.64. The van der Waals surface area contributed by atoms with E-state index in [0.29, 0.717) is 4.47 Å². The van der Waals surface area contributed by atoms with Crippen LogP contribution in [0.3, 0.4) is 0 Å². The van der Waals surface area contributed by atoms with Crippen molar-refractivity contribution in [2.24, 2.45) is 0 Å². The molecule has 2 rings (SSSR count). The molecule has 118 valence electrons. The minimum atomic E-state index is -3.60. The first-order valence-electron chi connectivity index (χ1n) is 7.18. The summed E-state index contributed by atoms with van der Waals surface area (Å²) < 4.78 is 28.3. The Balaban J connectivity index is 2.04. The lowest BCUT2D eigenvalue weighted by molar-refractivity contribution is 0.215. The lowest BCUT2D eigenvalue weighted by Crippen LogP contribution is -2.43. The van der Waals surface area contributed by atoms with Crippen molar-refractivity contribution < 1.29 is 8.42 Å². The van der Waals surface area contributed by atoms with Crippen molar-refractivity contribution in [3.63, 3.8) is 0 Å². The SMILES string of the molecule is CC(CN1CCCCC1)NS(=O)(=O)c1cc(Br)ccc1N. The van der Waals surface area contributed by atoms with E-state index in [-0.39, 0.29) is 16.6 Å². The molecule has 1 fully saturated rings. The first kappa shape index (κ1) is 16.7. The van der Waals surface area contributed by atoms with Gasteiger partial charge in [-0.2, -0.15) is 0 Å². The Morgan fingerprint density at radius 2 is 2.00 bits per heavy atom. The molecule has 0 aliphatic carbocycles. The van der Waals surface area contributed by atoms with Gasteiger partial charge in [-0.1, -0.05) is 22.4 Å². The van der Waals surface area contributed by atoms with Crippen LogP contribution in [0.5, 0.6) is 0 Å². The Hall–Kier alpha value is -0.630. The number of benzene rings is 1. The van der Waals surface area contributed by atoms with Gasteiger partial charge in [-0.05, 0) is 51.1 Å². The quantitative estimate of drug-likeness (QED) is 0.773. The van der Waals surface area contributed by atoms with E-state index in [1.54, 1.807) is 12.1 Å². The van der Waals surface area contributed by atoms with Crippen LogP contribution in [0, 0.1) is 0 Å². The van der Waals surface area contributed by atoms with Crippen LogP contribution in [0.2, 0.25) is 0 Å². The van der Waals surface area contributed by atoms with Gasteiger partial charge in [-0.3, -0.25) is 0 Å². The molecule has 0 spiro atoms. The van der Waals surface area contributed by atoms with E-state index in [1.165, 1.54) is 25.3 Å². The van der Waals surface area contributed by atoms with Gasteiger partial charge < -0.3 is 10.6 Å². The number of likely N-dealkylation sites (tertiary alicyclic amines) is 1. The lowest BCUT2D eigenvalue weighted by Gasteiger charge is -2.29. The van der Waals surface area contributed by atoms with Crippen molar-refractivity contribution in [3.8, 4) is 0 Å². The van der Waals surface area contributed by atoms with E-state index in [2.05, 4.69) is 25.6 Å². The molecule has 1 aliphatic rings. The number of nitrogens with one attached hydrogen (secondary N) is 1. The lowest BCUT2D eigenvalue weighted by atomic mass is 10.1. The second-order valence-corrected chi connectivity index (χ2v) is 8.16. The molecule has 1 aromatic rings. The summed E-state index contributed by atoms with van der Waals surface area (Å²) in [4.78, 5) is 2.43. The Bertz CT molecular complexity index is 586. The molecule has 1 heterocycles. The van der Waals surface area contributed by atoms with Crippen molar-refractivity contribution in [3.05, 3.63) is 22.7 Å². The molecule has 0 saturated carbocycles. The predicted octanol–water partition coefficient (Wildman–Crippen LogP) is 2.18. The van der Waals surface area contributed by atoms with Gasteiger partial charge in [-0.25, -0.2) is 13.1 Å². The van der Waals surface area contributed by atoms with Gasteiger partial charge in [0, 0.05) is 17.1 Å². The minimum Gasteiger partial charge on any atom is -0.398 e. The number of sulfonamides is 1. The number of halogens is 1. The molecule has 21 heavy (non-hydrogen) atoms. The second-order valence-electron chi connectivity index (χ2n) is 5.57. The summed E-state index contributed by atoms with van der Waals surface area (Å²) in [6.07, 6.45) is 3.65. The molecule has 1 unspecified atom stereocenters. The average Bonchev–Trinajstić information content (AvgIpc) is 2.41. The van der Waals surface area contributed by atoms with Gasteiger partial charge in [0.1, 0.15) is 4.90 Å². The third kappa shape index (κ3) is 4.67. The van der Waals surface area contributed by atoms with E-state index >= 15 is 0 Å². The maximum atomic E-state index is 12.4. The normalized spacial score (nSPS) is 18.6. The summed E-state index contributed by atoms with van der Waals surface area (Å²) in [7, 11) is -3.60. The number of nitrogen functional groups attached to an aromatic ring is 1. The van der Waals surface area contributed by atoms with Gasteiger partial charge in [-0.15, -0.1) is 0 Å². The van der Waals surface area contributed by atoms with Crippen molar-refractivity contribution in [1.82, 2.24) is 9.62 Å². The fourth-order valence-corrected chi connectivity index (χ4v) is 4.54. The average molecular weight is 376 g/mol. The van der Waals surface area contributed by atoms with Crippen LogP contribution < -0.4 is 10.5 Å². The van der Waals surface area contributed by atoms with Crippen LogP contribution in [-0.4, -0.2) is 39.0 Å². The van der Waals surface area contributed by atoms with Gasteiger partial charge in [0.15, 0.2) is 0 Å². The molecular formula is C14H22BrN3O2S. The minimum absolute atomic E-state index is 0.127. The molecule has 1 atom stereocenters.